The van der Waals surface area contributed by atoms with Crippen LogP contribution in [-0.4, -0.2) is 4.98 Å². The Labute approximate surface area is 98.7 Å². The lowest BCUT2D eigenvalue weighted by Crippen LogP contribution is -3.00. The Balaban J connectivity index is 0.000000963. The molecule has 0 amide bonds. The molecule has 3 aromatic rings. The summed E-state index contributed by atoms with van der Waals surface area (Å²) < 4.78 is 0. The molecule has 0 saturated carbocycles. The van der Waals surface area contributed by atoms with E-state index in [4.69, 9.17) is 5.73 Å². The van der Waals surface area contributed by atoms with E-state index >= 15 is 0 Å². The Bertz CT molecular complexity index is 652. The number of fused-ring (bicyclic) bond motifs is 2. The number of H-pyrrole nitrogens is 1. The third kappa shape index (κ3) is 1.55. The van der Waals surface area contributed by atoms with Crippen molar-refractivity contribution in [2.75, 3.05) is 5.73 Å². The molecule has 0 radical (unpaired) electrons. The Morgan fingerprint density at radius 2 is 1.69 bits per heavy atom. The first-order valence-electron chi connectivity index (χ1n) is 4.81. The summed E-state index contributed by atoms with van der Waals surface area (Å²) in [7, 11) is 0. The molecule has 0 unspecified atom stereocenters. The van der Waals surface area contributed by atoms with Gasteiger partial charge in [-0.2, -0.15) is 4.98 Å². The smallest absolute Gasteiger partial charge is 0.253 e. The summed E-state index contributed by atoms with van der Waals surface area (Å²) in [5.74, 6) is 0. The van der Waals surface area contributed by atoms with Gasteiger partial charge in [0.15, 0.2) is 0 Å². The highest BCUT2D eigenvalue weighted by Crippen LogP contribution is 2.16. The number of aromatic amines is 1. The number of hydrogen-bond acceptors (Lipinski definition) is 2. The monoisotopic (exact) mass is 231 g/mol. The minimum absolute atomic E-state index is 0. The number of nitrogens with zero attached hydrogens (tertiary/aromatic N) is 1. The standard InChI is InChI=1S/C12H9N3.ClH/c13-8-4-3-7-11-12(8)15-10-6-2-1-5-9(10)14-11;/h1-7H,13H2;1H. The van der Waals surface area contributed by atoms with Gasteiger partial charge in [-0.25, -0.2) is 4.98 Å². The number of nitrogens with one attached hydrogen (secondary N) is 1. The Morgan fingerprint density at radius 3 is 2.56 bits per heavy atom. The van der Waals surface area contributed by atoms with Crippen LogP contribution in [0.2, 0.25) is 0 Å². The van der Waals surface area contributed by atoms with Gasteiger partial charge in [0, 0.05) is 6.07 Å². The van der Waals surface area contributed by atoms with E-state index in [1.54, 1.807) is 0 Å². The summed E-state index contributed by atoms with van der Waals surface area (Å²) in [4.78, 5) is 7.82. The molecule has 0 aliphatic rings. The van der Waals surface area contributed by atoms with E-state index in [0.717, 1.165) is 27.8 Å². The molecule has 1 heterocycles. The van der Waals surface area contributed by atoms with Crippen LogP contribution in [0.4, 0.5) is 5.69 Å². The van der Waals surface area contributed by atoms with Crippen LogP contribution in [0.1, 0.15) is 0 Å². The maximum absolute atomic E-state index is 5.88. The van der Waals surface area contributed by atoms with Gasteiger partial charge >= 0.3 is 0 Å². The first kappa shape index (κ1) is 10.6. The number of halogens is 1. The van der Waals surface area contributed by atoms with Gasteiger partial charge in [-0.05, 0) is 18.2 Å². The first-order valence-corrected chi connectivity index (χ1v) is 4.81. The summed E-state index contributed by atoms with van der Waals surface area (Å²) >= 11 is 0. The van der Waals surface area contributed by atoms with Gasteiger partial charge in [0.2, 0.25) is 5.52 Å². The van der Waals surface area contributed by atoms with E-state index in [1.165, 1.54) is 0 Å². The molecule has 0 spiro atoms. The summed E-state index contributed by atoms with van der Waals surface area (Å²) in [6, 6.07) is 13.7. The van der Waals surface area contributed by atoms with Crippen LogP contribution in [-0.2, 0) is 0 Å². The highest BCUT2D eigenvalue weighted by molar-refractivity contribution is 5.87. The summed E-state index contributed by atoms with van der Waals surface area (Å²) in [6.45, 7) is 0. The molecule has 0 atom stereocenters. The molecule has 0 bridgehead atoms. The average Bonchev–Trinajstić information content (AvgIpc) is 2.27. The molecule has 3 nitrogen and oxygen atoms in total. The lowest BCUT2D eigenvalue weighted by molar-refractivity contribution is -0.310. The van der Waals surface area contributed by atoms with Crippen LogP contribution in [0.3, 0.4) is 0 Å². The zero-order valence-corrected chi connectivity index (χ0v) is 9.20. The van der Waals surface area contributed by atoms with Crippen molar-refractivity contribution in [2.24, 2.45) is 0 Å². The van der Waals surface area contributed by atoms with Crippen LogP contribution in [0.5, 0.6) is 0 Å². The fraction of sp³-hybridized carbons (Fsp3) is 0. The maximum atomic E-state index is 5.88. The van der Waals surface area contributed by atoms with Crippen LogP contribution < -0.4 is 23.1 Å². The molecule has 16 heavy (non-hydrogen) atoms. The van der Waals surface area contributed by atoms with Crippen molar-refractivity contribution in [3.05, 3.63) is 42.5 Å². The fourth-order valence-corrected chi connectivity index (χ4v) is 1.73. The van der Waals surface area contributed by atoms with E-state index in [0.29, 0.717) is 0 Å². The van der Waals surface area contributed by atoms with Crippen molar-refractivity contribution in [1.29, 1.82) is 0 Å². The van der Waals surface area contributed by atoms with Crippen LogP contribution in [0.25, 0.3) is 22.1 Å². The topological polar surface area (TPSA) is 53.0 Å². The van der Waals surface area contributed by atoms with Crippen LogP contribution >= 0.6 is 0 Å². The van der Waals surface area contributed by atoms with E-state index in [2.05, 4.69) is 9.97 Å². The quantitative estimate of drug-likeness (QED) is 0.390. The van der Waals surface area contributed by atoms with E-state index in [1.807, 2.05) is 42.5 Å². The predicted molar refractivity (Wildman–Crippen MR) is 60.2 cm³/mol. The van der Waals surface area contributed by atoms with Crippen molar-refractivity contribution in [1.82, 2.24) is 4.98 Å². The molecule has 0 fully saturated rings. The summed E-state index contributed by atoms with van der Waals surface area (Å²) in [5, 5.41) is 0. The highest BCUT2D eigenvalue weighted by Gasteiger charge is 2.08. The van der Waals surface area contributed by atoms with Gasteiger partial charge in [-0.15, -0.1) is 0 Å². The minimum Gasteiger partial charge on any atom is -1.00 e. The predicted octanol–water partition coefficient (Wildman–Crippen LogP) is -1.21. The molecular weight excluding hydrogens is 222 g/mol. The summed E-state index contributed by atoms with van der Waals surface area (Å²) in [5.41, 5.74) is 10.4. The molecule has 0 saturated heterocycles. The number of benzene rings is 2. The molecule has 0 aliphatic carbocycles. The minimum atomic E-state index is 0. The normalized spacial score (nSPS) is 10.2. The second-order valence-corrected chi connectivity index (χ2v) is 3.50. The largest absolute Gasteiger partial charge is 1.00 e. The van der Waals surface area contributed by atoms with Gasteiger partial charge in [-0.1, -0.05) is 18.2 Å². The first-order chi connectivity index (χ1) is 7.34. The molecule has 3 N–H and O–H groups in total. The van der Waals surface area contributed by atoms with Gasteiger partial charge in [-0.3, -0.25) is 0 Å². The van der Waals surface area contributed by atoms with Crippen molar-refractivity contribution < 1.29 is 17.4 Å². The molecule has 80 valence electrons. The number of nitrogen functional groups attached to an aromatic ring is 1. The SMILES string of the molecule is Nc1cccc2nc3ccccc3[nH+]c12.[Cl-]. The Hall–Kier alpha value is -1.87. The third-order valence-electron chi connectivity index (χ3n) is 2.48. The van der Waals surface area contributed by atoms with Crippen molar-refractivity contribution >= 4 is 27.8 Å². The second kappa shape index (κ2) is 3.94. The molecule has 0 aliphatic heterocycles. The average molecular weight is 232 g/mol. The number of para-hydroxylation sites is 3. The lowest BCUT2D eigenvalue weighted by Gasteiger charge is -1.96. The van der Waals surface area contributed by atoms with Crippen LogP contribution in [0, 0.1) is 0 Å². The van der Waals surface area contributed by atoms with Gasteiger partial charge in [0.1, 0.15) is 16.7 Å². The van der Waals surface area contributed by atoms with Gasteiger partial charge < -0.3 is 18.1 Å². The van der Waals surface area contributed by atoms with Crippen molar-refractivity contribution in [3.63, 3.8) is 0 Å². The Kier molecular flexibility index (Phi) is 2.62. The summed E-state index contributed by atoms with van der Waals surface area (Å²) in [6.07, 6.45) is 0. The van der Waals surface area contributed by atoms with Gasteiger partial charge in [0.25, 0.3) is 5.52 Å². The van der Waals surface area contributed by atoms with E-state index < -0.39 is 0 Å². The van der Waals surface area contributed by atoms with E-state index in [9.17, 15) is 0 Å². The molecule has 3 rings (SSSR count). The Morgan fingerprint density at radius 1 is 0.938 bits per heavy atom. The third-order valence-corrected chi connectivity index (χ3v) is 2.48. The van der Waals surface area contributed by atoms with Gasteiger partial charge in [0.05, 0.1) is 0 Å². The molecule has 4 heteroatoms. The van der Waals surface area contributed by atoms with E-state index in [-0.39, 0.29) is 12.4 Å². The second-order valence-electron chi connectivity index (χ2n) is 3.50. The number of anilines is 1. The maximum Gasteiger partial charge on any atom is 0.253 e. The lowest BCUT2D eigenvalue weighted by atomic mass is 10.2. The number of rotatable bonds is 0. The fourth-order valence-electron chi connectivity index (χ4n) is 1.73. The number of nitrogens with two attached hydrogens (primary N) is 1. The molecule has 1 aromatic heterocycles. The number of hydrogen-bond donors (Lipinski definition) is 1. The number of aromatic nitrogens is 2. The van der Waals surface area contributed by atoms with Crippen molar-refractivity contribution in [2.45, 2.75) is 0 Å². The highest BCUT2D eigenvalue weighted by atomic mass is 35.5. The van der Waals surface area contributed by atoms with Crippen LogP contribution in [0.15, 0.2) is 42.5 Å². The molecule has 2 aromatic carbocycles. The van der Waals surface area contributed by atoms with Crippen molar-refractivity contribution in [3.8, 4) is 0 Å². The zero-order chi connectivity index (χ0) is 10.3. The zero-order valence-electron chi connectivity index (χ0n) is 8.44. The molecular formula is C12H10ClN3.